The predicted octanol–water partition coefficient (Wildman–Crippen LogP) is 2.41. The number of hydrogen-bond donors (Lipinski definition) is 3. The number of hydrogen-bond acceptors (Lipinski definition) is 3. The van der Waals surface area contributed by atoms with Gasteiger partial charge in [0.2, 0.25) is 0 Å². The first-order valence-electron chi connectivity index (χ1n) is 7.26. The maximum absolute atomic E-state index is 12.7. The number of alkyl halides is 3. The highest BCUT2D eigenvalue weighted by molar-refractivity contribution is 5.89. The summed E-state index contributed by atoms with van der Waals surface area (Å²) in [6.45, 7) is 2.46. The largest absolute Gasteiger partial charge is 0.417 e. The number of urea groups is 1. The molecule has 3 N–H and O–H groups in total. The summed E-state index contributed by atoms with van der Waals surface area (Å²) >= 11 is 0. The number of pyridine rings is 1. The zero-order valence-electron chi connectivity index (χ0n) is 12.7. The second kappa shape index (κ2) is 8.56. The monoisotopic (exact) mass is 335 g/mol. The molecule has 23 heavy (non-hydrogen) atoms. The number of nitrogens with zero attached hydrogens (tertiary/aromatic N) is 1. The predicted molar refractivity (Wildman–Crippen MR) is 79.3 cm³/mol. The number of aliphatic hydroxyl groups excluding tert-OH is 1. The molecular formula is C14H20F3N3O3. The van der Waals surface area contributed by atoms with E-state index in [9.17, 15) is 22.8 Å². The number of carbonyl (C=O) groups excluding carboxylic acids is 1. The SMILES string of the molecule is CCCCN(CCCO)C(=O)Nc1cc(C(F)(F)F)c[nH]c1=O. The minimum atomic E-state index is -4.62. The Bertz CT molecular complexity index is 564. The fraction of sp³-hybridized carbons (Fsp3) is 0.571. The highest BCUT2D eigenvalue weighted by atomic mass is 19.4. The van der Waals surface area contributed by atoms with Crippen LogP contribution in [0, 0.1) is 0 Å². The Morgan fingerprint density at radius 1 is 1.35 bits per heavy atom. The molecule has 6 nitrogen and oxygen atoms in total. The summed E-state index contributed by atoms with van der Waals surface area (Å²) in [5.74, 6) is 0. The van der Waals surface area contributed by atoms with E-state index in [-0.39, 0.29) is 13.2 Å². The first kappa shape index (κ1) is 19.0. The van der Waals surface area contributed by atoms with Crippen molar-refractivity contribution in [3.05, 3.63) is 28.2 Å². The van der Waals surface area contributed by atoms with E-state index < -0.39 is 29.0 Å². The molecule has 1 aromatic rings. The standard InChI is InChI=1S/C14H20F3N3O3/c1-2-3-5-20(6-4-7-21)13(23)19-11-8-10(14(15,16)17)9-18-12(11)22/h8-9,21H,2-7H2,1H3,(H,18,22)(H,19,23). The van der Waals surface area contributed by atoms with Crippen molar-refractivity contribution in [1.29, 1.82) is 0 Å². The van der Waals surface area contributed by atoms with Crippen molar-refractivity contribution >= 4 is 11.7 Å². The van der Waals surface area contributed by atoms with Crippen molar-refractivity contribution in [3.8, 4) is 0 Å². The molecule has 2 amide bonds. The topological polar surface area (TPSA) is 85.4 Å². The van der Waals surface area contributed by atoms with Crippen LogP contribution in [0.3, 0.4) is 0 Å². The number of H-pyrrole nitrogens is 1. The molecule has 0 bridgehead atoms. The van der Waals surface area contributed by atoms with Crippen LogP contribution in [-0.2, 0) is 6.18 Å². The van der Waals surface area contributed by atoms with E-state index in [1.54, 1.807) is 0 Å². The van der Waals surface area contributed by atoms with Gasteiger partial charge in [0.25, 0.3) is 5.56 Å². The van der Waals surface area contributed by atoms with Crippen LogP contribution in [0.1, 0.15) is 31.7 Å². The maximum Gasteiger partial charge on any atom is 0.417 e. The lowest BCUT2D eigenvalue weighted by Crippen LogP contribution is -2.38. The molecule has 0 aliphatic heterocycles. The lowest BCUT2D eigenvalue weighted by molar-refractivity contribution is -0.137. The van der Waals surface area contributed by atoms with Gasteiger partial charge < -0.3 is 20.3 Å². The number of anilines is 1. The van der Waals surface area contributed by atoms with Crippen LogP contribution in [0.25, 0.3) is 0 Å². The number of carbonyl (C=O) groups is 1. The average Bonchev–Trinajstić information content (AvgIpc) is 2.48. The van der Waals surface area contributed by atoms with E-state index in [4.69, 9.17) is 5.11 Å². The normalized spacial score (nSPS) is 11.3. The highest BCUT2D eigenvalue weighted by Crippen LogP contribution is 2.29. The van der Waals surface area contributed by atoms with E-state index in [2.05, 4.69) is 5.32 Å². The smallest absolute Gasteiger partial charge is 0.396 e. The quantitative estimate of drug-likeness (QED) is 0.715. The summed E-state index contributed by atoms with van der Waals surface area (Å²) in [5, 5.41) is 11.0. The summed E-state index contributed by atoms with van der Waals surface area (Å²) in [5.41, 5.74) is -2.33. The second-order valence-corrected chi connectivity index (χ2v) is 4.98. The molecule has 0 saturated heterocycles. The third-order valence-corrected chi connectivity index (χ3v) is 3.13. The van der Waals surface area contributed by atoms with E-state index in [0.717, 1.165) is 6.42 Å². The Morgan fingerprint density at radius 2 is 2.00 bits per heavy atom. The van der Waals surface area contributed by atoms with Gasteiger partial charge in [-0.2, -0.15) is 13.2 Å². The molecule has 0 unspecified atom stereocenters. The number of halogens is 3. The Kier molecular flexibility index (Phi) is 7.08. The minimum absolute atomic E-state index is 0.111. The average molecular weight is 335 g/mol. The second-order valence-electron chi connectivity index (χ2n) is 4.98. The lowest BCUT2D eigenvalue weighted by atomic mass is 10.2. The molecule has 0 radical (unpaired) electrons. The van der Waals surface area contributed by atoms with Crippen LogP contribution in [0.2, 0.25) is 0 Å². The summed E-state index contributed by atoms with van der Waals surface area (Å²) in [4.78, 5) is 27.0. The van der Waals surface area contributed by atoms with E-state index in [1.807, 2.05) is 11.9 Å². The van der Waals surface area contributed by atoms with Gasteiger partial charge in [0.15, 0.2) is 0 Å². The number of aromatic amines is 1. The van der Waals surface area contributed by atoms with Crippen LogP contribution in [0.5, 0.6) is 0 Å². The summed E-state index contributed by atoms with van der Waals surface area (Å²) in [7, 11) is 0. The summed E-state index contributed by atoms with van der Waals surface area (Å²) < 4.78 is 38.0. The van der Waals surface area contributed by atoms with Crippen molar-refractivity contribution in [2.45, 2.75) is 32.4 Å². The molecular weight excluding hydrogens is 315 g/mol. The van der Waals surface area contributed by atoms with Crippen molar-refractivity contribution in [1.82, 2.24) is 9.88 Å². The zero-order chi connectivity index (χ0) is 17.5. The van der Waals surface area contributed by atoms with Crippen molar-refractivity contribution in [2.24, 2.45) is 0 Å². The number of unbranched alkanes of at least 4 members (excludes halogenated alkanes) is 1. The number of aromatic nitrogens is 1. The van der Waals surface area contributed by atoms with Crippen LogP contribution in [0.15, 0.2) is 17.1 Å². The van der Waals surface area contributed by atoms with Gasteiger partial charge in [0, 0.05) is 25.9 Å². The maximum atomic E-state index is 12.7. The van der Waals surface area contributed by atoms with Crippen molar-refractivity contribution in [2.75, 3.05) is 25.0 Å². The molecule has 1 heterocycles. The Balaban J connectivity index is 2.90. The molecule has 0 atom stereocenters. The Morgan fingerprint density at radius 3 is 2.57 bits per heavy atom. The number of rotatable bonds is 7. The fourth-order valence-corrected chi connectivity index (χ4v) is 1.86. The summed E-state index contributed by atoms with van der Waals surface area (Å²) in [6, 6.07) is -0.0717. The molecule has 1 aromatic heterocycles. The van der Waals surface area contributed by atoms with Gasteiger partial charge in [-0.15, -0.1) is 0 Å². The van der Waals surface area contributed by atoms with Crippen LogP contribution >= 0.6 is 0 Å². The fourth-order valence-electron chi connectivity index (χ4n) is 1.86. The van der Waals surface area contributed by atoms with E-state index >= 15 is 0 Å². The van der Waals surface area contributed by atoms with Gasteiger partial charge in [-0.1, -0.05) is 13.3 Å². The minimum Gasteiger partial charge on any atom is -0.396 e. The van der Waals surface area contributed by atoms with Gasteiger partial charge in [-0.25, -0.2) is 4.79 Å². The Labute approximate surface area is 131 Å². The molecule has 9 heteroatoms. The van der Waals surface area contributed by atoms with Gasteiger partial charge in [-0.05, 0) is 18.9 Å². The van der Waals surface area contributed by atoms with Gasteiger partial charge in [-0.3, -0.25) is 4.79 Å². The molecule has 0 saturated carbocycles. The first-order valence-corrected chi connectivity index (χ1v) is 7.26. The number of amides is 2. The van der Waals surface area contributed by atoms with E-state index in [1.165, 1.54) is 4.90 Å². The summed E-state index contributed by atoms with van der Waals surface area (Å²) in [6.07, 6.45) is -2.19. The molecule has 130 valence electrons. The van der Waals surface area contributed by atoms with Crippen LogP contribution < -0.4 is 10.9 Å². The van der Waals surface area contributed by atoms with Crippen molar-refractivity contribution in [3.63, 3.8) is 0 Å². The number of aliphatic hydroxyl groups is 1. The number of nitrogens with one attached hydrogen (secondary N) is 2. The highest BCUT2D eigenvalue weighted by Gasteiger charge is 2.31. The van der Waals surface area contributed by atoms with Crippen molar-refractivity contribution < 1.29 is 23.1 Å². The zero-order valence-corrected chi connectivity index (χ0v) is 12.7. The molecule has 0 aromatic carbocycles. The Hall–Kier alpha value is -2.03. The third-order valence-electron chi connectivity index (χ3n) is 3.13. The van der Waals surface area contributed by atoms with Gasteiger partial charge in [0.05, 0.1) is 5.56 Å². The van der Waals surface area contributed by atoms with Crippen LogP contribution in [0.4, 0.5) is 23.7 Å². The first-order chi connectivity index (χ1) is 10.8. The molecule has 0 fully saturated rings. The lowest BCUT2D eigenvalue weighted by Gasteiger charge is -2.22. The third kappa shape index (κ3) is 5.93. The van der Waals surface area contributed by atoms with E-state index in [0.29, 0.717) is 31.6 Å². The molecule has 0 aliphatic carbocycles. The molecule has 0 aliphatic rings. The van der Waals surface area contributed by atoms with Gasteiger partial charge >= 0.3 is 12.2 Å². The molecule has 0 spiro atoms. The molecule has 1 rings (SSSR count). The van der Waals surface area contributed by atoms with Crippen LogP contribution in [-0.4, -0.2) is 40.7 Å². The van der Waals surface area contributed by atoms with Gasteiger partial charge in [0.1, 0.15) is 5.69 Å².